The third-order valence-electron chi connectivity index (χ3n) is 3.05. The lowest BCUT2D eigenvalue weighted by Gasteiger charge is -2.28. The number of carbonyl (C=O) groups excluding carboxylic acids is 1. The number of sulfone groups is 1. The first-order valence-corrected chi connectivity index (χ1v) is 8.83. The summed E-state index contributed by atoms with van der Waals surface area (Å²) in [6.45, 7) is 8.54. The van der Waals surface area contributed by atoms with E-state index in [0.29, 0.717) is 18.0 Å². The van der Waals surface area contributed by atoms with E-state index in [1.54, 1.807) is 4.90 Å². The van der Waals surface area contributed by atoms with Gasteiger partial charge in [-0.1, -0.05) is 13.8 Å². The van der Waals surface area contributed by atoms with E-state index >= 15 is 0 Å². The van der Waals surface area contributed by atoms with Crippen LogP contribution in [0.15, 0.2) is 23.1 Å². The third-order valence-corrected chi connectivity index (χ3v) is 4.14. The Labute approximate surface area is 127 Å². The highest BCUT2D eigenvalue weighted by Gasteiger charge is 2.21. The van der Waals surface area contributed by atoms with Gasteiger partial charge >= 0.3 is 0 Å². The van der Waals surface area contributed by atoms with Crippen molar-refractivity contribution in [1.29, 1.82) is 0 Å². The number of benzene rings is 1. The Balaban J connectivity index is 3.25. The van der Waals surface area contributed by atoms with Crippen LogP contribution in [-0.4, -0.2) is 38.1 Å². The van der Waals surface area contributed by atoms with Crippen LogP contribution >= 0.6 is 0 Å². The number of nitrogen functional groups attached to an aromatic ring is 1. The largest absolute Gasteiger partial charge is 0.399 e. The fourth-order valence-corrected chi connectivity index (χ4v) is 2.74. The average molecular weight is 312 g/mol. The summed E-state index contributed by atoms with van der Waals surface area (Å²) in [6, 6.07) is 4.31. The van der Waals surface area contributed by atoms with Crippen LogP contribution in [0.2, 0.25) is 0 Å². The quantitative estimate of drug-likeness (QED) is 0.845. The molecular weight excluding hydrogens is 288 g/mol. The maximum Gasteiger partial charge on any atom is 0.254 e. The van der Waals surface area contributed by atoms with Crippen molar-refractivity contribution < 1.29 is 13.2 Å². The molecule has 1 rings (SSSR count). The zero-order chi connectivity index (χ0) is 16.4. The van der Waals surface area contributed by atoms with Crippen LogP contribution in [0, 0.1) is 5.92 Å². The zero-order valence-corrected chi connectivity index (χ0v) is 14.1. The summed E-state index contributed by atoms with van der Waals surface area (Å²) in [6.07, 6.45) is 1.10. The molecule has 0 saturated heterocycles. The highest BCUT2D eigenvalue weighted by Crippen LogP contribution is 2.19. The van der Waals surface area contributed by atoms with Crippen molar-refractivity contribution >= 4 is 21.4 Å². The molecule has 0 aliphatic heterocycles. The van der Waals surface area contributed by atoms with E-state index in [2.05, 4.69) is 0 Å². The van der Waals surface area contributed by atoms with Crippen LogP contribution in [0.3, 0.4) is 0 Å². The predicted octanol–water partition coefficient (Wildman–Crippen LogP) is 2.18. The number of carbonyl (C=O) groups is 1. The number of nitrogens with zero attached hydrogens (tertiary/aromatic N) is 1. The molecule has 1 aromatic rings. The molecule has 21 heavy (non-hydrogen) atoms. The molecular formula is C15H24N2O3S. The summed E-state index contributed by atoms with van der Waals surface area (Å²) in [7, 11) is -3.40. The summed E-state index contributed by atoms with van der Waals surface area (Å²) in [4.78, 5) is 14.4. The minimum atomic E-state index is -3.40. The highest BCUT2D eigenvalue weighted by molar-refractivity contribution is 7.90. The second-order valence-corrected chi connectivity index (χ2v) is 8.02. The number of rotatable bonds is 5. The first-order chi connectivity index (χ1) is 9.52. The Morgan fingerprint density at radius 3 is 2.19 bits per heavy atom. The summed E-state index contributed by atoms with van der Waals surface area (Å²) >= 11 is 0. The number of hydrogen-bond donors (Lipinski definition) is 1. The summed E-state index contributed by atoms with van der Waals surface area (Å²) in [5.41, 5.74) is 6.32. The van der Waals surface area contributed by atoms with E-state index in [1.807, 2.05) is 27.7 Å². The molecule has 0 aliphatic carbocycles. The fourth-order valence-electron chi connectivity index (χ4n) is 2.05. The van der Waals surface area contributed by atoms with Gasteiger partial charge < -0.3 is 10.6 Å². The molecule has 0 spiro atoms. The van der Waals surface area contributed by atoms with Gasteiger partial charge in [0.1, 0.15) is 0 Å². The molecule has 0 unspecified atom stereocenters. The van der Waals surface area contributed by atoms with Gasteiger partial charge in [-0.25, -0.2) is 8.42 Å². The Hall–Kier alpha value is -1.56. The minimum Gasteiger partial charge on any atom is -0.399 e. The third kappa shape index (κ3) is 4.74. The minimum absolute atomic E-state index is 0.0306. The van der Waals surface area contributed by atoms with Crippen molar-refractivity contribution in [3.63, 3.8) is 0 Å². The van der Waals surface area contributed by atoms with Gasteiger partial charge in [0.15, 0.2) is 9.84 Å². The fraction of sp³-hybridized carbons (Fsp3) is 0.533. The molecule has 1 amide bonds. The van der Waals surface area contributed by atoms with Crippen LogP contribution in [-0.2, 0) is 9.84 Å². The molecule has 0 aromatic heterocycles. The first kappa shape index (κ1) is 17.5. The maximum atomic E-state index is 12.6. The van der Waals surface area contributed by atoms with Gasteiger partial charge in [-0.05, 0) is 38.0 Å². The van der Waals surface area contributed by atoms with Crippen LogP contribution in [0.5, 0.6) is 0 Å². The normalized spacial score (nSPS) is 12.0. The lowest BCUT2D eigenvalue weighted by molar-refractivity contribution is 0.0681. The van der Waals surface area contributed by atoms with Crippen molar-refractivity contribution in [2.24, 2.45) is 5.92 Å². The van der Waals surface area contributed by atoms with Gasteiger partial charge in [0.25, 0.3) is 5.91 Å². The summed E-state index contributed by atoms with van der Waals surface area (Å²) < 4.78 is 23.3. The molecule has 0 fully saturated rings. The van der Waals surface area contributed by atoms with E-state index in [-0.39, 0.29) is 22.5 Å². The van der Waals surface area contributed by atoms with Gasteiger partial charge in [0.05, 0.1) is 4.90 Å². The second-order valence-electron chi connectivity index (χ2n) is 6.01. The lowest BCUT2D eigenvalue weighted by atomic mass is 10.1. The number of hydrogen-bond acceptors (Lipinski definition) is 4. The van der Waals surface area contributed by atoms with Gasteiger partial charge in [-0.15, -0.1) is 0 Å². The molecule has 0 bridgehead atoms. The Kier molecular flexibility index (Phi) is 5.39. The van der Waals surface area contributed by atoms with E-state index in [1.165, 1.54) is 18.2 Å². The van der Waals surface area contributed by atoms with Crippen molar-refractivity contribution in [2.75, 3.05) is 18.5 Å². The Morgan fingerprint density at radius 1 is 1.19 bits per heavy atom. The van der Waals surface area contributed by atoms with Gasteiger partial charge in [0.2, 0.25) is 0 Å². The molecule has 0 atom stereocenters. The molecule has 1 aromatic carbocycles. The van der Waals surface area contributed by atoms with Crippen molar-refractivity contribution in [3.05, 3.63) is 23.8 Å². The molecule has 5 nitrogen and oxygen atoms in total. The number of nitrogens with two attached hydrogens (primary N) is 1. The van der Waals surface area contributed by atoms with Crippen LogP contribution < -0.4 is 5.73 Å². The van der Waals surface area contributed by atoms with Gasteiger partial charge in [-0.2, -0.15) is 0 Å². The van der Waals surface area contributed by atoms with Gasteiger partial charge in [0, 0.05) is 30.1 Å². The van der Waals surface area contributed by atoms with E-state index in [0.717, 1.165) is 6.26 Å². The Morgan fingerprint density at radius 2 is 1.76 bits per heavy atom. The molecule has 118 valence electrons. The van der Waals surface area contributed by atoms with Crippen LogP contribution in [0.4, 0.5) is 5.69 Å². The predicted molar refractivity (Wildman–Crippen MR) is 85.0 cm³/mol. The summed E-state index contributed by atoms with van der Waals surface area (Å²) in [5.74, 6) is 0.127. The van der Waals surface area contributed by atoms with Crippen molar-refractivity contribution in [2.45, 2.75) is 38.6 Å². The standard InChI is InChI=1S/C15H24N2O3S/c1-10(2)9-17(11(3)4)15(18)12-6-13(16)8-14(7-12)21(5,19)20/h6-8,10-11H,9,16H2,1-5H3. The average Bonchev–Trinajstić information content (AvgIpc) is 2.32. The molecule has 0 saturated carbocycles. The summed E-state index contributed by atoms with van der Waals surface area (Å²) in [5, 5.41) is 0. The number of anilines is 1. The number of amides is 1. The zero-order valence-electron chi connectivity index (χ0n) is 13.3. The highest BCUT2D eigenvalue weighted by atomic mass is 32.2. The van der Waals surface area contributed by atoms with E-state index in [4.69, 9.17) is 5.73 Å². The lowest BCUT2D eigenvalue weighted by Crippen LogP contribution is -2.39. The SMILES string of the molecule is CC(C)CN(C(=O)c1cc(N)cc(S(C)(=O)=O)c1)C(C)C. The van der Waals surface area contributed by atoms with Crippen molar-refractivity contribution in [1.82, 2.24) is 4.90 Å². The second kappa shape index (κ2) is 6.47. The van der Waals surface area contributed by atoms with E-state index < -0.39 is 9.84 Å². The molecule has 0 aliphatic rings. The maximum absolute atomic E-state index is 12.6. The van der Waals surface area contributed by atoms with Crippen molar-refractivity contribution in [3.8, 4) is 0 Å². The van der Waals surface area contributed by atoms with Gasteiger partial charge in [-0.3, -0.25) is 4.79 Å². The van der Waals surface area contributed by atoms with E-state index in [9.17, 15) is 13.2 Å². The smallest absolute Gasteiger partial charge is 0.254 e. The monoisotopic (exact) mass is 312 g/mol. The topological polar surface area (TPSA) is 80.5 Å². The van der Waals surface area contributed by atoms with Crippen LogP contribution in [0.1, 0.15) is 38.1 Å². The molecule has 0 heterocycles. The van der Waals surface area contributed by atoms with Crippen LogP contribution in [0.25, 0.3) is 0 Å². The molecule has 2 N–H and O–H groups in total. The molecule has 6 heteroatoms. The molecule has 0 radical (unpaired) electrons. The Bertz CT molecular complexity index is 622. The first-order valence-electron chi connectivity index (χ1n) is 6.94.